The van der Waals surface area contributed by atoms with Crippen LogP contribution in [0, 0.1) is 7.14 Å². The molecule has 0 unspecified atom stereocenters. The predicted octanol–water partition coefficient (Wildman–Crippen LogP) is 3.33. The lowest BCUT2D eigenvalue weighted by Gasteiger charge is -2.08. The van der Waals surface area contributed by atoms with Crippen LogP contribution in [0.25, 0.3) is 0 Å². The minimum atomic E-state index is -2.64. The summed E-state index contributed by atoms with van der Waals surface area (Å²) in [6, 6.07) is 1.62. The molecule has 0 aliphatic carbocycles. The molecule has 1 aromatic heterocycles. The number of rotatable bonds is 4. The van der Waals surface area contributed by atoms with Gasteiger partial charge in [-0.25, -0.2) is 8.78 Å². The van der Waals surface area contributed by atoms with E-state index >= 15 is 0 Å². The molecule has 0 N–H and O–H groups in total. The van der Waals surface area contributed by atoms with Crippen LogP contribution in [0.4, 0.5) is 8.78 Å². The van der Waals surface area contributed by atoms with Crippen molar-refractivity contribution in [2.45, 2.75) is 19.8 Å². The number of ether oxygens (including phenoxy) is 1. The van der Waals surface area contributed by atoms with E-state index in [-0.39, 0.29) is 18.7 Å². The van der Waals surface area contributed by atoms with Gasteiger partial charge in [-0.15, -0.1) is 0 Å². The first-order chi connectivity index (χ1) is 7.95. The Kier molecular flexibility index (Phi) is 5.97. The number of pyridine rings is 1. The molecule has 1 heterocycles. The summed E-state index contributed by atoms with van der Waals surface area (Å²) in [6.45, 7) is 1.95. The van der Waals surface area contributed by atoms with Crippen molar-refractivity contribution >= 4 is 51.2 Å². The highest BCUT2D eigenvalue weighted by Gasteiger charge is 2.18. The SMILES string of the molecule is CCOC(=O)Cc1cc(I)c(I)c(C(F)F)n1. The first-order valence-electron chi connectivity index (χ1n) is 4.74. The zero-order chi connectivity index (χ0) is 13.0. The van der Waals surface area contributed by atoms with Crippen molar-refractivity contribution in [2.24, 2.45) is 0 Å². The second-order valence-electron chi connectivity index (χ2n) is 3.08. The van der Waals surface area contributed by atoms with Gasteiger partial charge in [0.1, 0.15) is 5.69 Å². The number of halogens is 4. The summed E-state index contributed by atoms with van der Waals surface area (Å²) in [4.78, 5) is 15.0. The fourth-order valence-electron chi connectivity index (χ4n) is 1.16. The normalized spacial score (nSPS) is 10.7. The number of esters is 1. The minimum Gasteiger partial charge on any atom is -0.466 e. The molecule has 0 amide bonds. The molecular weight excluding hydrogens is 458 g/mol. The largest absolute Gasteiger partial charge is 0.466 e. The molecular formula is C10H9F2I2NO2. The molecule has 0 aliphatic rings. The van der Waals surface area contributed by atoms with Gasteiger partial charge < -0.3 is 4.74 Å². The molecule has 0 radical (unpaired) electrons. The van der Waals surface area contributed by atoms with Crippen LogP contribution in [-0.2, 0) is 16.0 Å². The second-order valence-corrected chi connectivity index (χ2v) is 5.32. The van der Waals surface area contributed by atoms with E-state index in [4.69, 9.17) is 4.74 Å². The molecule has 0 aromatic carbocycles. The van der Waals surface area contributed by atoms with E-state index < -0.39 is 12.4 Å². The van der Waals surface area contributed by atoms with E-state index in [2.05, 4.69) is 4.98 Å². The average Bonchev–Trinajstić information content (AvgIpc) is 2.23. The Morgan fingerprint density at radius 1 is 1.53 bits per heavy atom. The van der Waals surface area contributed by atoms with E-state index in [9.17, 15) is 13.6 Å². The summed E-state index contributed by atoms with van der Waals surface area (Å²) < 4.78 is 31.2. The molecule has 0 saturated heterocycles. The van der Waals surface area contributed by atoms with Crippen molar-refractivity contribution in [3.8, 4) is 0 Å². The lowest BCUT2D eigenvalue weighted by Crippen LogP contribution is -2.11. The number of carbonyl (C=O) groups is 1. The zero-order valence-electron chi connectivity index (χ0n) is 8.84. The van der Waals surface area contributed by atoms with Crippen molar-refractivity contribution in [1.82, 2.24) is 4.98 Å². The molecule has 0 aliphatic heterocycles. The first kappa shape index (κ1) is 15.0. The number of alkyl halides is 2. The van der Waals surface area contributed by atoms with E-state index in [1.54, 1.807) is 13.0 Å². The maximum Gasteiger partial charge on any atom is 0.311 e. The van der Waals surface area contributed by atoms with Crippen molar-refractivity contribution in [3.05, 3.63) is 24.6 Å². The highest BCUT2D eigenvalue weighted by atomic mass is 127. The van der Waals surface area contributed by atoms with Gasteiger partial charge in [-0.3, -0.25) is 9.78 Å². The van der Waals surface area contributed by atoms with Crippen LogP contribution in [0.1, 0.15) is 24.7 Å². The van der Waals surface area contributed by atoms with Crippen LogP contribution in [-0.4, -0.2) is 17.6 Å². The van der Waals surface area contributed by atoms with Gasteiger partial charge in [0.2, 0.25) is 0 Å². The van der Waals surface area contributed by atoms with Crippen molar-refractivity contribution in [2.75, 3.05) is 6.61 Å². The Balaban J connectivity index is 2.98. The highest BCUT2D eigenvalue weighted by molar-refractivity contribution is 14.1. The fraction of sp³-hybridized carbons (Fsp3) is 0.400. The average molecular weight is 467 g/mol. The number of carbonyl (C=O) groups excluding carboxylic acids is 1. The summed E-state index contributed by atoms with van der Waals surface area (Å²) in [5.74, 6) is -0.461. The van der Waals surface area contributed by atoms with Crippen LogP contribution in [0.5, 0.6) is 0 Å². The standard InChI is InChI=1S/C10H9F2I2NO2/c1-2-17-7(16)4-5-3-6(13)8(14)9(15-5)10(11)12/h3,10H,2,4H2,1H3. The van der Waals surface area contributed by atoms with Gasteiger partial charge in [-0.1, -0.05) is 0 Å². The number of aromatic nitrogens is 1. The van der Waals surface area contributed by atoms with Gasteiger partial charge in [-0.2, -0.15) is 0 Å². The molecule has 0 saturated carbocycles. The van der Waals surface area contributed by atoms with E-state index in [0.29, 0.717) is 12.8 Å². The smallest absolute Gasteiger partial charge is 0.311 e. The van der Waals surface area contributed by atoms with Crippen molar-refractivity contribution in [3.63, 3.8) is 0 Å². The van der Waals surface area contributed by atoms with Gasteiger partial charge in [0.15, 0.2) is 0 Å². The third-order valence-corrected chi connectivity index (χ3v) is 4.85. The Labute approximate surface area is 125 Å². The van der Waals surface area contributed by atoms with Crippen LogP contribution in [0.3, 0.4) is 0 Å². The van der Waals surface area contributed by atoms with E-state index in [1.807, 2.05) is 45.2 Å². The summed E-state index contributed by atoms with van der Waals surface area (Å²) in [6.07, 6.45) is -2.72. The molecule has 3 nitrogen and oxygen atoms in total. The van der Waals surface area contributed by atoms with E-state index in [1.165, 1.54) is 0 Å². The third-order valence-electron chi connectivity index (χ3n) is 1.83. The Morgan fingerprint density at radius 3 is 2.71 bits per heavy atom. The molecule has 94 valence electrons. The Hall–Kier alpha value is -0.0600. The number of hydrogen-bond donors (Lipinski definition) is 0. The molecule has 0 fully saturated rings. The molecule has 17 heavy (non-hydrogen) atoms. The van der Waals surface area contributed by atoms with Crippen molar-refractivity contribution < 1.29 is 18.3 Å². The fourth-order valence-corrected chi connectivity index (χ4v) is 2.31. The van der Waals surface area contributed by atoms with Crippen LogP contribution in [0.15, 0.2) is 6.07 Å². The molecule has 1 aromatic rings. The van der Waals surface area contributed by atoms with Crippen LogP contribution < -0.4 is 0 Å². The second kappa shape index (κ2) is 6.76. The van der Waals surface area contributed by atoms with Gasteiger partial charge in [0, 0.05) is 3.57 Å². The monoisotopic (exact) mass is 467 g/mol. The Morgan fingerprint density at radius 2 is 2.18 bits per heavy atom. The maximum absolute atomic E-state index is 12.7. The highest BCUT2D eigenvalue weighted by Crippen LogP contribution is 2.27. The quantitative estimate of drug-likeness (QED) is 0.504. The van der Waals surface area contributed by atoms with Gasteiger partial charge >= 0.3 is 5.97 Å². The van der Waals surface area contributed by atoms with E-state index in [0.717, 1.165) is 0 Å². The molecule has 0 atom stereocenters. The van der Waals surface area contributed by atoms with Gasteiger partial charge in [-0.05, 0) is 58.2 Å². The van der Waals surface area contributed by atoms with Crippen LogP contribution in [0.2, 0.25) is 0 Å². The minimum absolute atomic E-state index is 0.0829. The maximum atomic E-state index is 12.7. The third kappa shape index (κ3) is 4.27. The summed E-state index contributed by atoms with van der Waals surface area (Å²) in [5, 5.41) is 0. The Bertz CT molecular complexity index is 427. The summed E-state index contributed by atoms with van der Waals surface area (Å²) in [7, 11) is 0. The summed E-state index contributed by atoms with van der Waals surface area (Å²) >= 11 is 3.77. The number of nitrogens with zero attached hydrogens (tertiary/aromatic N) is 1. The molecule has 0 bridgehead atoms. The molecule has 0 spiro atoms. The first-order valence-corrected chi connectivity index (χ1v) is 6.90. The van der Waals surface area contributed by atoms with Crippen LogP contribution >= 0.6 is 45.2 Å². The van der Waals surface area contributed by atoms with Gasteiger partial charge in [0.25, 0.3) is 6.43 Å². The van der Waals surface area contributed by atoms with Gasteiger partial charge in [0.05, 0.1) is 22.3 Å². The number of hydrogen-bond acceptors (Lipinski definition) is 3. The summed E-state index contributed by atoms with van der Waals surface area (Å²) in [5.41, 5.74) is 0.0281. The lowest BCUT2D eigenvalue weighted by molar-refractivity contribution is -0.142. The van der Waals surface area contributed by atoms with Crippen molar-refractivity contribution in [1.29, 1.82) is 0 Å². The topological polar surface area (TPSA) is 39.2 Å². The molecule has 1 rings (SSSR count). The lowest BCUT2D eigenvalue weighted by atomic mass is 10.2. The predicted molar refractivity (Wildman–Crippen MR) is 75.0 cm³/mol. The molecule has 7 heteroatoms. The zero-order valence-corrected chi connectivity index (χ0v) is 13.2.